The lowest BCUT2D eigenvalue weighted by Gasteiger charge is -2.18. The number of methoxy groups -OCH3 is 1. The summed E-state index contributed by atoms with van der Waals surface area (Å²) in [5, 5.41) is 0. The van der Waals surface area contributed by atoms with Gasteiger partial charge in [-0.25, -0.2) is 9.97 Å². The van der Waals surface area contributed by atoms with Gasteiger partial charge in [0.15, 0.2) is 11.5 Å². The van der Waals surface area contributed by atoms with E-state index < -0.39 is 0 Å². The molecule has 0 amide bonds. The van der Waals surface area contributed by atoms with Crippen LogP contribution in [0, 0.1) is 0 Å². The molecule has 0 aliphatic rings. The molecule has 0 bridgehead atoms. The first kappa shape index (κ1) is 11.7. The van der Waals surface area contributed by atoms with E-state index in [-0.39, 0.29) is 0 Å². The zero-order chi connectivity index (χ0) is 12.3. The Morgan fingerprint density at radius 3 is 3.12 bits per heavy atom. The second kappa shape index (κ2) is 5.01. The molecule has 0 aromatic carbocycles. The lowest BCUT2D eigenvalue weighted by molar-refractivity contribution is 0.196. The van der Waals surface area contributed by atoms with E-state index in [1.165, 1.54) is 0 Å². The van der Waals surface area contributed by atoms with Crippen molar-refractivity contribution in [3.8, 4) is 0 Å². The maximum Gasteiger partial charge on any atom is 0.180 e. The third kappa shape index (κ3) is 2.47. The SMILES string of the molecule is COCCCN(C)c1nc(N)cn2ccnc12. The van der Waals surface area contributed by atoms with E-state index in [0.29, 0.717) is 5.82 Å². The van der Waals surface area contributed by atoms with Crippen molar-refractivity contribution in [2.24, 2.45) is 0 Å². The van der Waals surface area contributed by atoms with Gasteiger partial charge in [-0.2, -0.15) is 0 Å². The Morgan fingerprint density at radius 1 is 1.53 bits per heavy atom. The van der Waals surface area contributed by atoms with Crippen molar-refractivity contribution in [2.45, 2.75) is 6.42 Å². The number of fused-ring (bicyclic) bond motifs is 1. The number of nitrogens with zero attached hydrogens (tertiary/aromatic N) is 4. The summed E-state index contributed by atoms with van der Waals surface area (Å²) < 4.78 is 6.91. The van der Waals surface area contributed by atoms with E-state index in [2.05, 4.69) is 9.97 Å². The molecule has 0 atom stereocenters. The summed E-state index contributed by atoms with van der Waals surface area (Å²) in [6, 6.07) is 0. The number of hydrogen-bond donors (Lipinski definition) is 1. The second-order valence-electron chi connectivity index (χ2n) is 3.92. The molecule has 0 aliphatic heterocycles. The highest BCUT2D eigenvalue weighted by molar-refractivity contribution is 5.65. The largest absolute Gasteiger partial charge is 0.385 e. The number of rotatable bonds is 5. The molecular formula is C11H17N5O. The molecule has 2 N–H and O–H groups in total. The van der Waals surface area contributed by atoms with E-state index >= 15 is 0 Å². The fourth-order valence-corrected chi connectivity index (χ4v) is 1.74. The second-order valence-corrected chi connectivity index (χ2v) is 3.92. The molecule has 92 valence electrons. The van der Waals surface area contributed by atoms with Crippen LogP contribution >= 0.6 is 0 Å². The molecule has 0 fully saturated rings. The fourth-order valence-electron chi connectivity index (χ4n) is 1.74. The Hall–Kier alpha value is -1.82. The van der Waals surface area contributed by atoms with Crippen molar-refractivity contribution in [1.82, 2.24) is 14.4 Å². The number of nitrogen functional groups attached to an aromatic ring is 1. The van der Waals surface area contributed by atoms with Gasteiger partial charge in [-0.1, -0.05) is 0 Å². The lowest BCUT2D eigenvalue weighted by atomic mass is 10.4. The average molecular weight is 235 g/mol. The summed E-state index contributed by atoms with van der Waals surface area (Å²) in [5.41, 5.74) is 6.58. The summed E-state index contributed by atoms with van der Waals surface area (Å²) in [6.45, 7) is 1.59. The number of ether oxygens (including phenoxy) is 1. The van der Waals surface area contributed by atoms with E-state index in [9.17, 15) is 0 Å². The van der Waals surface area contributed by atoms with Crippen molar-refractivity contribution < 1.29 is 4.74 Å². The Kier molecular flexibility index (Phi) is 3.43. The first-order valence-electron chi connectivity index (χ1n) is 5.51. The molecule has 0 saturated heterocycles. The van der Waals surface area contributed by atoms with Crippen molar-refractivity contribution in [2.75, 3.05) is 37.9 Å². The standard InChI is InChI=1S/C11H17N5O/c1-15(5-3-7-17-2)11-10-13-4-6-16(10)8-9(12)14-11/h4,6,8H,3,5,7,12H2,1-2H3. The van der Waals surface area contributed by atoms with Crippen LogP contribution in [0.2, 0.25) is 0 Å². The summed E-state index contributed by atoms with van der Waals surface area (Å²) in [7, 11) is 3.68. The predicted octanol–water partition coefficient (Wildman–Crippen LogP) is 0.784. The summed E-state index contributed by atoms with van der Waals surface area (Å²) in [6.07, 6.45) is 6.30. The van der Waals surface area contributed by atoms with Gasteiger partial charge in [0.25, 0.3) is 0 Å². The molecule has 2 aromatic heterocycles. The Bertz CT molecular complexity index is 496. The highest BCUT2D eigenvalue weighted by atomic mass is 16.5. The van der Waals surface area contributed by atoms with Crippen molar-refractivity contribution >= 4 is 17.3 Å². The maximum absolute atomic E-state index is 5.77. The molecule has 0 aliphatic carbocycles. The van der Waals surface area contributed by atoms with E-state index in [0.717, 1.165) is 31.0 Å². The maximum atomic E-state index is 5.77. The zero-order valence-corrected chi connectivity index (χ0v) is 10.1. The zero-order valence-electron chi connectivity index (χ0n) is 10.1. The van der Waals surface area contributed by atoms with Crippen molar-refractivity contribution in [1.29, 1.82) is 0 Å². The quantitative estimate of drug-likeness (QED) is 0.776. The third-order valence-corrected chi connectivity index (χ3v) is 2.58. The van der Waals surface area contributed by atoms with Gasteiger partial charge in [0.05, 0.1) is 6.20 Å². The molecule has 2 aromatic rings. The van der Waals surface area contributed by atoms with Crippen LogP contribution in [0.4, 0.5) is 11.6 Å². The smallest absolute Gasteiger partial charge is 0.180 e. The summed E-state index contributed by atoms with van der Waals surface area (Å²) >= 11 is 0. The minimum absolute atomic E-state index is 0.490. The lowest BCUT2D eigenvalue weighted by Crippen LogP contribution is -2.22. The van der Waals surface area contributed by atoms with Crippen molar-refractivity contribution in [3.05, 3.63) is 18.6 Å². The minimum Gasteiger partial charge on any atom is -0.385 e. The van der Waals surface area contributed by atoms with Crippen LogP contribution in [0.3, 0.4) is 0 Å². The first-order chi connectivity index (χ1) is 8.22. The van der Waals surface area contributed by atoms with Gasteiger partial charge in [0.1, 0.15) is 5.82 Å². The van der Waals surface area contributed by atoms with Crippen LogP contribution in [0.15, 0.2) is 18.6 Å². The van der Waals surface area contributed by atoms with Crippen LogP contribution in [-0.4, -0.2) is 41.7 Å². The fraction of sp³-hybridized carbons (Fsp3) is 0.455. The van der Waals surface area contributed by atoms with Crippen LogP contribution in [0.5, 0.6) is 0 Å². The molecule has 2 rings (SSSR count). The highest BCUT2D eigenvalue weighted by Crippen LogP contribution is 2.18. The number of nitrogens with two attached hydrogens (primary N) is 1. The molecule has 17 heavy (non-hydrogen) atoms. The van der Waals surface area contributed by atoms with Gasteiger partial charge >= 0.3 is 0 Å². The minimum atomic E-state index is 0.490. The van der Waals surface area contributed by atoms with Crippen LogP contribution < -0.4 is 10.6 Å². The van der Waals surface area contributed by atoms with E-state index in [4.69, 9.17) is 10.5 Å². The number of hydrogen-bond acceptors (Lipinski definition) is 5. The molecule has 6 nitrogen and oxygen atoms in total. The van der Waals surface area contributed by atoms with Gasteiger partial charge in [-0.3, -0.25) is 0 Å². The molecule has 0 spiro atoms. The Balaban J connectivity index is 2.24. The summed E-state index contributed by atoms with van der Waals surface area (Å²) in [5.74, 6) is 1.29. The van der Waals surface area contributed by atoms with Gasteiger partial charge in [0.2, 0.25) is 0 Å². The van der Waals surface area contributed by atoms with Crippen LogP contribution in [0.1, 0.15) is 6.42 Å². The van der Waals surface area contributed by atoms with Gasteiger partial charge in [-0.15, -0.1) is 0 Å². The Labute approximate surface area is 100 Å². The van der Waals surface area contributed by atoms with E-state index in [1.54, 1.807) is 19.5 Å². The van der Waals surface area contributed by atoms with Crippen LogP contribution in [-0.2, 0) is 4.74 Å². The van der Waals surface area contributed by atoms with Crippen LogP contribution in [0.25, 0.3) is 5.65 Å². The molecule has 0 unspecified atom stereocenters. The van der Waals surface area contributed by atoms with Crippen molar-refractivity contribution in [3.63, 3.8) is 0 Å². The highest BCUT2D eigenvalue weighted by Gasteiger charge is 2.10. The molecule has 0 radical (unpaired) electrons. The number of aromatic nitrogens is 3. The normalized spacial score (nSPS) is 10.9. The average Bonchev–Trinajstić information content (AvgIpc) is 2.75. The van der Waals surface area contributed by atoms with E-state index in [1.807, 2.05) is 22.5 Å². The summed E-state index contributed by atoms with van der Waals surface area (Å²) in [4.78, 5) is 10.7. The topological polar surface area (TPSA) is 68.7 Å². The number of imidazole rings is 1. The molecule has 2 heterocycles. The van der Waals surface area contributed by atoms with Gasteiger partial charge < -0.3 is 19.8 Å². The first-order valence-corrected chi connectivity index (χ1v) is 5.51. The number of anilines is 2. The van der Waals surface area contributed by atoms with Gasteiger partial charge in [-0.05, 0) is 6.42 Å². The molecular weight excluding hydrogens is 218 g/mol. The molecule has 6 heteroatoms. The predicted molar refractivity (Wildman–Crippen MR) is 67.2 cm³/mol. The Morgan fingerprint density at radius 2 is 2.35 bits per heavy atom. The van der Waals surface area contributed by atoms with Gasteiger partial charge in [0, 0.05) is 39.7 Å². The third-order valence-electron chi connectivity index (χ3n) is 2.58. The monoisotopic (exact) mass is 235 g/mol. The molecule has 0 saturated carbocycles.